The Kier molecular flexibility index (Phi) is 2.40. The van der Waals surface area contributed by atoms with Crippen LogP contribution in [0.15, 0.2) is 23.3 Å². The molecule has 2 heteroatoms. The molecule has 1 rings (SSSR count). The Bertz CT molecular complexity index is 242. The minimum Gasteiger partial charge on any atom is -0.372 e. The molecule has 0 aromatic rings. The lowest BCUT2D eigenvalue weighted by atomic mass is 9.82. The molecule has 0 saturated heterocycles. The van der Waals surface area contributed by atoms with Crippen molar-refractivity contribution in [3.05, 3.63) is 23.3 Å². The third-order valence-electron chi connectivity index (χ3n) is 2.95. The molecule has 0 aromatic heterocycles. The molecule has 2 nitrogen and oxygen atoms in total. The van der Waals surface area contributed by atoms with E-state index >= 15 is 0 Å². The lowest BCUT2D eigenvalue weighted by molar-refractivity contribution is 0.0260. The second-order valence-corrected chi connectivity index (χ2v) is 3.50. The highest BCUT2D eigenvalue weighted by atomic mass is 16.5. The van der Waals surface area contributed by atoms with E-state index in [2.05, 4.69) is 19.9 Å². The fraction of sp³-hybridized carbons (Fsp3) is 0.600. The van der Waals surface area contributed by atoms with E-state index in [9.17, 15) is 0 Å². The molecule has 0 fully saturated rings. The first-order valence-electron chi connectivity index (χ1n) is 4.19. The van der Waals surface area contributed by atoms with Gasteiger partial charge in [-0.15, -0.1) is 0 Å². The molecule has 2 atom stereocenters. The number of hydrogen-bond acceptors (Lipinski definition) is 2. The molecule has 0 bridgehead atoms. The summed E-state index contributed by atoms with van der Waals surface area (Å²) in [6.07, 6.45) is 4.05. The Labute approximate surface area is 74.1 Å². The summed E-state index contributed by atoms with van der Waals surface area (Å²) in [7, 11) is 1.70. The third kappa shape index (κ3) is 1.21. The molecular weight excluding hydrogens is 150 g/mol. The zero-order valence-electron chi connectivity index (χ0n) is 8.22. The maximum Gasteiger partial charge on any atom is 0.105 e. The van der Waals surface area contributed by atoms with Crippen molar-refractivity contribution < 1.29 is 4.74 Å². The first-order valence-corrected chi connectivity index (χ1v) is 4.19. The molecular formula is C10H17NO. The minimum atomic E-state index is -0.321. The van der Waals surface area contributed by atoms with Crippen LogP contribution in [0, 0.1) is 0 Å². The average molecular weight is 167 g/mol. The molecule has 1 aliphatic rings. The van der Waals surface area contributed by atoms with Gasteiger partial charge in [0.2, 0.25) is 0 Å². The van der Waals surface area contributed by atoms with Gasteiger partial charge in [0.15, 0.2) is 0 Å². The Morgan fingerprint density at radius 3 is 2.50 bits per heavy atom. The van der Waals surface area contributed by atoms with Gasteiger partial charge in [-0.25, -0.2) is 0 Å². The third-order valence-corrected chi connectivity index (χ3v) is 2.95. The molecule has 2 N–H and O–H groups in total. The highest BCUT2D eigenvalue weighted by Gasteiger charge is 2.34. The van der Waals surface area contributed by atoms with E-state index in [1.165, 1.54) is 11.1 Å². The first-order chi connectivity index (χ1) is 5.52. The summed E-state index contributed by atoms with van der Waals surface area (Å²) in [5.41, 5.74) is 8.08. The van der Waals surface area contributed by atoms with Crippen LogP contribution in [-0.4, -0.2) is 18.8 Å². The zero-order valence-corrected chi connectivity index (χ0v) is 8.22. The summed E-state index contributed by atoms with van der Waals surface area (Å²) < 4.78 is 5.44. The molecule has 0 radical (unpaired) electrons. The number of nitrogens with two attached hydrogens (primary N) is 1. The van der Waals surface area contributed by atoms with E-state index in [-0.39, 0.29) is 11.6 Å². The van der Waals surface area contributed by atoms with Crippen molar-refractivity contribution in [2.24, 2.45) is 5.73 Å². The fourth-order valence-corrected chi connectivity index (χ4v) is 1.49. The van der Waals surface area contributed by atoms with Gasteiger partial charge < -0.3 is 10.5 Å². The highest BCUT2D eigenvalue weighted by molar-refractivity contribution is 5.37. The van der Waals surface area contributed by atoms with Gasteiger partial charge in [0, 0.05) is 7.11 Å². The molecule has 0 aromatic carbocycles. The Morgan fingerprint density at radius 1 is 1.50 bits per heavy atom. The summed E-state index contributed by atoms with van der Waals surface area (Å²) >= 11 is 0. The SMILES string of the molecule is COC1(C)C(C)=C(C)C=CC1N. The van der Waals surface area contributed by atoms with Crippen molar-refractivity contribution in [3.8, 4) is 0 Å². The predicted molar refractivity (Wildman–Crippen MR) is 50.9 cm³/mol. The summed E-state index contributed by atoms with van der Waals surface area (Å²) in [5, 5.41) is 0. The van der Waals surface area contributed by atoms with Crippen molar-refractivity contribution in [2.75, 3.05) is 7.11 Å². The number of methoxy groups -OCH3 is 1. The van der Waals surface area contributed by atoms with Crippen LogP contribution in [0.1, 0.15) is 20.8 Å². The molecule has 0 heterocycles. The summed E-state index contributed by atoms with van der Waals surface area (Å²) in [6, 6.07) is -0.0359. The Hall–Kier alpha value is -0.600. The lowest BCUT2D eigenvalue weighted by Gasteiger charge is -2.37. The van der Waals surface area contributed by atoms with Gasteiger partial charge in [0.05, 0.1) is 6.04 Å². The zero-order chi connectivity index (χ0) is 9.35. The van der Waals surface area contributed by atoms with Crippen molar-refractivity contribution in [1.82, 2.24) is 0 Å². The van der Waals surface area contributed by atoms with Gasteiger partial charge in [-0.2, -0.15) is 0 Å². The fourth-order valence-electron chi connectivity index (χ4n) is 1.49. The molecule has 2 unspecified atom stereocenters. The monoisotopic (exact) mass is 167 g/mol. The van der Waals surface area contributed by atoms with Gasteiger partial charge in [-0.05, 0) is 31.9 Å². The summed E-state index contributed by atoms with van der Waals surface area (Å²) in [5.74, 6) is 0. The van der Waals surface area contributed by atoms with Crippen LogP contribution in [-0.2, 0) is 4.74 Å². The van der Waals surface area contributed by atoms with E-state index < -0.39 is 0 Å². The van der Waals surface area contributed by atoms with Gasteiger partial charge in [0.25, 0.3) is 0 Å². The highest BCUT2D eigenvalue weighted by Crippen LogP contribution is 2.30. The van der Waals surface area contributed by atoms with Crippen molar-refractivity contribution in [3.63, 3.8) is 0 Å². The lowest BCUT2D eigenvalue weighted by Crippen LogP contribution is -2.48. The van der Waals surface area contributed by atoms with Crippen molar-refractivity contribution in [2.45, 2.75) is 32.4 Å². The van der Waals surface area contributed by atoms with E-state index in [1.54, 1.807) is 7.11 Å². The van der Waals surface area contributed by atoms with E-state index in [0.29, 0.717) is 0 Å². The summed E-state index contributed by atoms with van der Waals surface area (Å²) in [6.45, 7) is 6.18. The second-order valence-electron chi connectivity index (χ2n) is 3.50. The standard InChI is InChI=1S/C10H17NO/c1-7-5-6-9(11)10(3,12-4)8(7)2/h5-6,9H,11H2,1-4H3. The quantitative estimate of drug-likeness (QED) is 0.644. The maximum atomic E-state index is 5.93. The van der Waals surface area contributed by atoms with Gasteiger partial charge >= 0.3 is 0 Å². The normalized spacial score (nSPS) is 35.9. The van der Waals surface area contributed by atoms with E-state index in [1.807, 2.05) is 13.0 Å². The van der Waals surface area contributed by atoms with Gasteiger partial charge in [-0.3, -0.25) is 0 Å². The topological polar surface area (TPSA) is 35.2 Å². The molecule has 12 heavy (non-hydrogen) atoms. The molecule has 0 spiro atoms. The number of ether oxygens (including phenoxy) is 1. The van der Waals surface area contributed by atoms with Gasteiger partial charge in [-0.1, -0.05) is 12.2 Å². The average Bonchev–Trinajstić information content (AvgIpc) is 2.08. The van der Waals surface area contributed by atoms with Crippen molar-refractivity contribution >= 4 is 0 Å². The summed E-state index contributed by atoms with van der Waals surface area (Å²) in [4.78, 5) is 0. The Morgan fingerprint density at radius 2 is 2.08 bits per heavy atom. The van der Waals surface area contributed by atoms with Crippen LogP contribution < -0.4 is 5.73 Å². The van der Waals surface area contributed by atoms with Crippen LogP contribution in [0.5, 0.6) is 0 Å². The largest absolute Gasteiger partial charge is 0.372 e. The van der Waals surface area contributed by atoms with Gasteiger partial charge in [0.1, 0.15) is 5.60 Å². The Balaban J connectivity index is 3.08. The second kappa shape index (κ2) is 3.04. The van der Waals surface area contributed by atoms with Crippen LogP contribution in [0.25, 0.3) is 0 Å². The molecule has 0 saturated carbocycles. The van der Waals surface area contributed by atoms with Crippen LogP contribution in [0.2, 0.25) is 0 Å². The van der Waals surface area contributed by atoms with Crippen molar-refractivity contribution in [1.29, 1.82) is 0 Å². The minimum absolute atomic E-state index is 0.0359. The molecule has 1 aliphatic carbocycles. The van der Waals surface area contributed by atoms with Crippen LogP contribution >= 0.6 is 0 Å². The number of hydrogen-bond donors (Lipinski definition) is 1. The number of allylic oxidation sites excluding steroid dienone is 2. The van der Waals surface area contributed by atoms with Crippen LogP contribution in [0.3, 0.4) is 0 Å². The smallest absolute Gasteiger partial charge is 0.105 e. The maximum absolute atomic E-state index is 5.93. The number of rotatable bonds is 1. The molecule has 68 valence electrons. The first kappa shape index (κ1) is 9.49. The predicted octanol–water partition coefficient (Wildman–Crippen LogP) is 1.62. The molecule has 0 amide bonds. The molecule has 0 aliphatic heterocycles. The van der Waals surface area contributed by atoms with E-state index in [4.69, 9.17) is 10.5 Å². The van der Waals surface area contributed by atoms with Crippen LogP contribution in [0.4, 0.5) is 0 Å². The van der Waals surface area contributed by atoms with E-state index in [0.717, 1.165) is 0 Å².